The van der Waals surface area contributed by atoms with Crippen LogP contribution in [0.25, 0.3) is 5.65 Å². The molecule has 0 bridgehead atoms. The van der Waals surface area contributed by atoms with Crippen molar-refractivity contribution in [2.45, 2.75) is 43.9 Å². The minimum absolute atomic E-state index is 0.000894. The highest BCUT2D eigenvalue weighted by molar-refractivity contribution is 5.94. The fourth-order valence-electron chi connectivity index (χ4n) is 3.90. The molecule has 4 rings (SSSR count). The lowest BCUT2D eigenvalue weighted by Crippen LogP contribution is -2.40. The molecule has 0 unspecified atom stereocenters. The number of methoxy groups -OCH3 is 1. The second-order valence-electron chi connectivity index (χ2n) is 7.78. The van der Waals surface area contributed by atoms with Gasteiger partial charge in [0.05, 0.1) is 7.11 Å². The molecule has 2 aromatic heterocycles. The second-order valence-corrected chi connectivity index (χ2v) is 7.78. The largest absolute Gasteiger partial charge is 0.497 e. The second kappa shape index (κ2) is 8.68. The number of fused-ring (bicyclic) bond motifs is 1. The molecule has 32 heavy (non-hydrogen) atoms. The van der Waals surface area contributed by atoms with Crippen LogP contribution in [0.15, 0.2) is 42.6 Å². The zero-order valence-corrected chi connectivity index (χ0v) is 17.2. The van der Waals surface area contributed by atoms with Crippen LogP contribution in [0.4, 0.5) is 23.4 Å². The van der Waals surface area contributed by atoms with Crippen LogP contribution < -0.4 is 15.4 Å². The molecule has 0 radical (unpaired) electrons. The first-order valence-corrected chi connectivity index (χ1v) is 10.2. The van der Waals surface area contributed by atoms with Crippen LogP contribution >= 0.6 is 0 Å². The van der Waals surface area contributed by atoms with Crippen LogP contribution in [0, 0.1) is 5.82 Å². The smallest absolute Gasteiger partial charge is 0.434 e. The Hall–Kier alpha value is -3.30. The van der Waals surface area contributed by atoms with Crippen LogP contribution in [0.3, 0.4) is 0 Å². The van der Waals surface area contributed by atoms with E-state index in [-0.39, 0.29) is 23.6 Å². The molecule has 0 aliphatic heterocycles. The molecule has 2 heterocycles. The Morgan fingerprint density at radius 1 is 1.06 bits per heavy atom. The lowest BCUT2D eigenvalue weighted by atomic mass is 9.91. The summed E-state index contributed by atoms with van der Waals surface area (Å²) in [5.74, 6) is 0.0248. The molecular formula is C22H22F4N4O2. The number of benzene rings is 1. The van der Waals surface area contributed by atoms with Gasteiger partial charge < -0.3 is 15.4 Å². The van der Waals surface area contributed by atoms with Crippen LogP contribution in [-0.2, 0) is 6.18 Å². The summed E-state index contributed by atoms with van der Waals surface area (Å²) in [6.07, 6.45) is -1.04. The Labute approximate surface area is 181 Å². The van der Waals surface area contributed by atoms with Crippen molar-refractivity contribution in [3.8, 4) is 5.75 Å². The number of aromatic nitrogens is 2. The van der Waals surface area contributed by atoms with Crippen molar-refractivity contribution in [3.05, 3.63) is 59.7 Å². The lowest BCUT2D eigenvalue weighted by molar-refractivity contribution is -0.140. The van der Waals surface area contributed by atoms with Crippen molar-refractivity contribution >= 4 is 17.4 Å². The number of amides is 1. The minimum atomic E-state index is -4.66. The van der Waals surface area contributed by atoms with Gasteiger partial charge in [-0.05, 0) is 62.1 Å². The van der Waals surface area contributed by atoms with Gasteiger partial charge in [-0.25, -0.2) is 9.37 Å². The van der Waals surface area contributed by atoms with E-state index in [0.29, 0.717) is 42.8 Å². The van der Waals surface area contributed by atoms with Gasteiger partial charge in [-0.1, -0.05) is 0 Å². The highest BCUT2D eigenvalue weighted by Crippen LogP contribution is 2.31. The third kappa shape index (κ3) is 4.63. The summed E-state index contributed by atoms with van der Waals surface area (Å²) < 4.78 is 59.1. The number of hydrogen-bond acceptors (Lipinski definition) is 4. The van der Waals surface area contributed by atoms with Crippen molar-refractivity contribution in [1.29, 1.82) is 0 Å². The van der Waals surface area contributed by atoms with E-state index in [9.17, 15) is 22.4 Å². The van der Waals surface area contributed by atoms with Gasteiger partial charge in [-0.15, -0.1) is 0 Å². The van der Waals surface area contributed by atoms with E-state index in [1.54, 1.807) is 31.4 Å². The average Bonchev–Trinajstić information content (AvgIpc) is 3.24. The molecule has 1 aliphatic carbocycles. The zero-order chi connectivity index (χ0) is 22.9. The molecular weight excluding hydrogens is 428 g/mol. The number of alkyl halides is 3. The number of ether oxygens (including phenoxy) is 1. The van der Waals surface area contributed by atoms with Crippen molar-refractivity contribution < 1.29 is 27.1 Å². The van der Waals surface area contributed by atoms with Crippen molar-refractivity contribution in [1.82, 2.24) is 14.7 Å². The number of imidazole rings is 1. The summed E-state index contributed by atoms with van der Waals surface area (Å²) in [5, 5.41) is 6.21. The molecule has 2 N–H and O–H groups in total. The van der Waals surface area contributed by atoms with E-state index in [1.807, 2.05) is 0 Å². The van der Waals surface area contributed by atoms with E-state index < -0.39 is 17.7 Å². The summed E-state index contributed by atoms with van der Waals surface area (Å²) in [6.45, 7) is 0. The maximum atomic E-state index is 14.0. The summed E-state index contributed by atoms with van der Waals surface area (Å²) >= 11 is 0. The SMILES string of the molecule is COc1ccc(C(=O)NC2CCC(Nc3ccc(F)c4nc(C(F)(F)F)cn34)CC2)cc1. The first kappa shape index (κ1) is 21.9. The van der Waals surface area contributed by atoms with Gasteiger partial charge in [-0.2, -0.15) is 13.2 Å². The molecule has 1 aromatic carbocycles. The fourth-order valence-corrected chi connectivity index (χ4v) is 3.90. The number of nitrogens with one attached hydrogen (secondary N) is 2. The van der Waals surface area contributed by atoms with E-state index in [1.165, 1.54) is 6.07 Å². The number of carbonyl (C=O) groups is 1. The minimum Gasteiger partial charge on any atom is -0.497 e. The Balaban J connectivity index is 1.38. The summed E-state index contributed by atoms with van der Waals surface area (Å²) in [7, 11) is 1.56. The van der Waals surface area contributed by atoms with Gasteiger partial charge in [0.2, 0.25) is 0 Å². The molecule has 1 aliphatic rings. The number of pyridine rings is 1. The summed E-state index contributed by atoms with van der Waals surface area (Å²) in [6, 6.07) is 9.32. The predicted octanol–water partition coefficient (Wildman–Crippen LogP) is 4.65. The molecule has 6 nitrogen and oxygen atoms in total. The van der Waals surface area contributed by atoms with Gasteiger partial charge in [0, 0.05) is 23.8 Å². The lowest BCUT2D eigenvalue weighted by Gasteiger charge is -2.30. The molecule has 0 atom stereocenters. The number of anilines is 1. The van der Waals surface area contributed by atoms with Crippen LogP contribution in [0.2, 0.25) is 0 Å². The number of nitrogens with zero attached hydrogens (tertiary/aromatic N) is 2. The zero-order valence-electron chi connectivity index (χ0n) is 17.2. The van der Waals surface area contributed by atoms with Crippen molar-refractivity contribution in [2.24, 2.45) is 0 Å². The third-order valence-corrected chi connectivity index (χ3v) is 5.62. The number of halogens is 4. The molecule has 0 saturated heterocycles. The maximum Gasteiger partial charge on any atom is 0.434 e. The molecule has 1 saturated carbocycles. The molecule has 1 amide bonds. The number of hydrogen-bond donors (Lipinski definition) is 2. The Morgan fingerprint density at radius 2 is 1.72 bits per heavy atom. The maximum absolute atomic E-state index is 14.0. The van der Waals surface area contributed by atoms with Gasteiger partial charge in [0.25, 0.3) is 5.91 Å². The van der Waals surface area contributed by atoms with Gasteiger partial charge >= 0.3 is 6.18 Å². The first-order valence-electron chi connectivity index (χ1n) is 10.2. The predicted molar refractivity (Wildman–Crippen MR) is 110 cm³/mol. The molecule has 3 aromatic rings. The first-order chi connectivity index (χ1) is 15.2. The monoisotopic (exact) mass is 450 g/mol. The normalized spacial score (nSPS) is 19.0. The Morgan fingerprint density at radius 3 is 2.34 bits per heavy atom. The van der Waals surface area contributed by atoms with Gasteiger partial charge in [-0.3, -0.25) is 9.20 Å². The standard InChI is InChI=1S/C22H22F4N4O2/c1-32-16-8-2-13(3-9-16)21(31)28-15-6-4-14(5-7-15)27-19-11-10-17(23)20-29-18(12-30(19)20)22(24,25)26/h2-3,8-12,14-15,27H,4-7H2,1H3,(H,28,31). The van der Waals surface area contributed by atoms with Crippen LogP contribution in [0.5, 0.6) is 5.75 Å². The van der Waals surface area contributed by atoms with E-state index in [0.717, 1.165) is 16.7 Å². The van der Waals surface area contributed by atoms with Gasteiger partial charge in [0.1, 0.15) is 11.6 Å². The summed E-state index contributed by atoms with van der Waals surface area (Å²) in [5.41, 5.74) is -0.973. The molecule has 170 valence electrons. The average molecular weight is 450 g/mol. The Kier molecular flexibility index (Phi) is 5.94. The Bertz CT molecular complexity index is 1100. The molecule has 0 spiro atoms. The highest BCUT2D eigenvalue weighted by Gasteiger charge is 2.35. The number of rotatable bonds is 5. The van der Waals surface area contributed by atoms with E-state index in [2.05, 4.69) is 15.6 Å². The molecule has 10 heteroatoms. The topological polar surface area (TPSA) is 67.7 Å². The highest BCUT2D eigenvalue weighted by atomic mass is 19.4. The fraction of sp³-hybridized carbons (Fsp3) is 0.364. The van der Waals surface area contributed by atoms with Gasteiger partial charge in [0.15, 0.2) is 17.2 Å². The van der Waals surface area contributed by atoms with E-state index >= 15 is 0 Å². The number of carbonyl (C=O) groups excluding carboxylic acids is 1. The third-order valence-electron chi connectivity index (χ3n) is 5.62. The quantitative estimate of drug-likeness (QED) is 0.555. The van der Waals surface area contributed by atoms with Crippen molar-refractivity contribution in [3.63, 3.8) is 0 Å². The molecule has 1 fully saturated rings. The van der Waals surface area contributed by atoms with Crippen LogP contribution in [-0.4, -0.2) is 34.5 Å². The van der Waals surface area contributed by atoms with E-state index in [4.69, 9.17) is 4.74 Å². The summed E-state index contributed by atoms with van der Waals surface area (Å²) in [4.78, 5) is 15.8. The van der Waals surface area contributed by atoms with Crippen molar-refractivity contribution in [2.75, 3.05) is 12.4 Å². The van der Waals surface area contributed by atoms with Crippen LogP contribution in [0.1, 0.15) is 41.7 Å².